The van der Waals surface area contributed by atoms with Crippen LogP contribution in [0.5, 0.6) is 5.75 Å². The summed E-state index contributed by atoms with van der Waals surface area (Å²) in [5.74, 6) is -0.795. The third-order valence-electron chi connectivity index (χ3n) is 4.92. The molecule has 1 heterocycles. The molecule has 1 N–H and O–H groups in total. The first-order chi connectivity index (χ1) is 14.3. The van der Waals surface area contributed by atoms with E-state index in [4.69, 9.17) is 9.47 Å². The van der Waals surface area contributed by atoms with E-state index in [0.29, 0.717) is 17.1 Å². The summed E-state index contributed by atoms with van der Waals surface area (Å²) in [6, 6.07) is 11.0. The molecule has 30 heavy (non-hydrogen) atoms. The lowest BCUT2D eigenvalue weighted by Crippen LogP contribution is -2.39. The predicted molar refractivity (Wildman–Crippen MR) is 114 cm³/mol. The molecule has 2 aromatic rings. The third-order valence-corrected chi connectivity index (χ3v) is 4.92. The smallest absolute Gasteiger partial charge is 0.326 e. The summed E-state index contributed by atoms with van der Waals surface area (Å²) in [7, 11) is 0. The normalized spacial score (nSPS) is 14.3. The minimum atomic E-state index is -1.01. The SMILES string of the molecule is Cc1cc(C)c(NC(=O)[C@@H](C)OC(=O)CN2C(=O)CCOc3ccccc32)c(C)c1. The number of esters is 1. The average Bonchev–Trinajstić information content (AvgIpc) is 2.83. The molecule has 0 saturated carbocycles. The fourth-order valence-corrected chi connectivity index (χ4v) is 3.51. The molecule has 1 aliphatic rings. The maximum atomic E-state index is 12.6. The Morgan fingerprint density at radius 2 is 1.83 bits per heavy atom. The Bertz CT molecular complexity index is 962. The van der Waals surface area contributed by atoms with E-state index in [2.05, 4.69) is 5.32 Å². The zero-order valence-corrected chi connectivity index (χ0v) is 17.7. The minimum Gasteiger partial charge on any atom is -0.491 e. The zero-order chi connectivity index (χ0) is 21.8. The van der Waals surface area contributed by atoms with E-state index in [9.17, 15) is 14.4 Å². The first kappa shape index (κ1) is 21.4. The summed E-state index contributed by atoms with van der Waals surface area (Å²) >= 11 is 0. The molecule has 2 amide bonds. The van der Waals surface area contributed by atoms with E-state index in [-0.39, 0.29) is 25.5 Å². The number of anilines is 2. The molecule has 7 nitrogen and oxygen atoms in total. The molecule has 0 aliphatic carbocycles. The van der Waals surface area contributed by atoms with Crippen molar-refractivity contribution in [2.75, 3.05) is 23.4 Å². The molecule has 3 rings (SSSR count). The molecule has 0 fully saturated rings. The van der Waals surface area contributed by atoms with Gasteiger partial charge in [-0.25, -0.2) is 0 Å². The Kier molecular flexibility index (Phi) is 6.40. The molecule has 0 aromatic heterocycles. The zero-order valence-electron chi connectivity index (χ0n) is 17.7. The lowest BCUT2D eigenvalue weighted by atomic mass is 10.0. The number of aryl methyl sites for hydroxylation is 3. The van der Waals surface area contributed by atoms with Crippen molar-refractivity contribution in [3.63, 3.8) is 0 Å². The summed E-state index contributed by atoms with van der Waals surface area (Å²) in [4.78, 5) is 38.8. The molecule has 7 heteroatoms. The number of amides is 2. The number of hydrogen-bond donors (Lipinski definition) is 1. The third kappa shape index (κ3) is 4.79. The van der Waals surface area contributed by atoms with Crippen molar-refractivity contribution in [3.05, 3.63) is 53.1 Å². The van der Waals surface area contributed by atoms with Crippen LogP contribution in [0, 0.1) is 20.8 Å². The first-order valence-corrected chi connectivity index (χ1v) is 9.86. The minimum absolute atomic E-state index is 0.157. The maximum absolute atomic E-state index is 12.6. The largest absolute Gasteiger partial charge is 0.491 e. The van der Waals surface area contributed by atoms with Crippen LogP contribution in [0.25, 0.3) is 0 Å². The molecule has 1 atom stereocenters. The van der Waals surface area contributed by atoms with Crippen molar-refractivity contribution >= 4 is 29.2 Å². The van der Waals surface area contributed by atoms with Gasteiger partial charge >= 0.3 is 5.97 Å². The van der Waals surface area contributed by atoms with Gasteiger partial charge in [-0.15, -0.1) is 0 Å². The highest BCUT2D eigenvalue weighted by molar-refractivity contribution is 6.00. The van der Waals surface area contributed by atoms with Crippen LogP contribution in [-0.4, -0.2) is 37.0 Å². The van der Waals surface area contributed by atoms with Gasteiger partial charge in [-0.1, -0.05) is 29.8 Å². The fraction of sp³-hybridized carbons (Fsp3) is 0.348. The second-order valence-corrected chi connectivity index (χ2v) is 7.44. The summed E-state index contributed by atoms with van der Waals surface area (Å²) in [5, 5.41) is 2.83. The number of rotatable bonds is 5. The Morgan fingerprint density at radius 3 is 2.53 bits per heavy atom. The van der Waals surface area contributed by atoms with Crippen LogP contribution in [0.1, 0.15) is 30.0 Å². The van der Waals surface area contributed by atoms with E-state index < -0.39 is 18.0 Å². The van der Waals surface area contributed by atoms with Crippen LogP contribution in [0.3, 0.4) is 0 Å². The standard InChI is InChI=1S/C23H26N2O5/c1-14-11-15(2)22(16(3)12-14)24-23(28)17(4)30-21(27)13-25-18-7-5-6-8-19(18)29-10-9-20(25)26/h5-8,11-12,17H,9-10,13H2,1-4H3,(H,24,28)/t17-/m1/s1. The molecular weight excluding hydrogens is 384 g/mol. The van der Waals surface area contributed by atoms with Gasteiger partial charge in [0.05, 0.1) is 18.7 Å². The number of hydrogen-bond acceptors (Lipinski definition) is 5. The lowest BCUT2D eigenvalue weighted by molar-refractivity contribution is -0.152. The van der Waals surface area contributed by atoms with Gasteiger partial charge in [0.1, 0.15) is 12.3 Å². The number of para-hydroxylation sites is 2. The number of fused-ring (bicyclic) bond motifs is 1. The molecule has 0 saturated heterocycles. The number of nitrogens with zero attached hydrogens (tertiary/aromatic N) is 1. The van der Waals surface area contributed by atoms with E-state index in [1.807, 2.05) is 32.9 Å². The Morgan fingerprint density at radius 1 is 1.17 bits per heavy atom. The van der Waals surface area contributed by atoms with E-state index in [0.717, 1.165) is 16.7 Å². The van der Waals surface area contributed by atoms with Crippen molar-refractivity contribution < 1.29 is 23.9 Å². The van der Waals surface area contributed by atoms with Gasteiger partial charge in [0.2, 0.25) is 5.91 Å². The van der Waals surface area contributed by atoms with Crippen LogP contribution in [-0.2, 0) is 19.1 Å². The first-order valence-electron chi connectivity index (χ1n) is 9.86. The van der Waals surface area contributed by atoms with E-state index >= 15 is 0 Å². The van der Waals surface area contributed by atoms with E-state index in [1.165, 1.54) is 11.8 Å². The highest BCUT2D eigenvalue weighted by Gasteiger charge is 2.27. The van der Waals surface area contributed by atoms with Crippen molar-refractivity contribution in [3.8, 4) is 5.75 Å². The summed E-state index contributed by atoms with van der Waals surface area (Å²) in [5.41, 5.74) is 4.20. The summed E-state index contributed by atoms with van der Waals surface area (Å²) in [6.07, 6.45) is -0.851. The summed E-state index contributed by atoms with van der Waals surface area (Å²) in [6.45, 7) is 7.28. The van der Waals surface area contributed by atoms with Gasteiger partial charge < -0.3 is 14.8 Å². The predicted octanol–water partition coefficient (Wildman–Crippen LogP) is 3.30. The molecule has 0 spiro atoms. The second kappa shape index (κ2) is 8.98. The Hall–Kier alpha value is -3.35. The highest BCUT2D eigenvalue weighted by Crippen LogP contribution is 2.31. The number of carbonyl (C=O) groups is 3. The van der Waals surface area contributed by atoms with Crippen molar-refractivity contribution in [2.24, 2.45) is 0 Å². The average molecular weight is 410 g/mol. The van der Waals surface area contributed by atoms with Crippen LogP contribution in [0.15, 0.2) is 36.4 Å². The Balaban J connectivity index is 1.66. The van der Waals surface area contributed by atoms with Crippen LogP contribution in [0.2, 0.25) is 0 Å². The van der Waals surface area contributed by atoms with Gasteiger partial charge in [0.15, 0.2) is 6.10 Å². The topological polar surface area (TPSA) is 84.9 Å². The molecule has 0 unspecified atom stereocenters. The molecule has 158 valence electrons. The fourth-order valence-electron chi connectivity index (χ4n) is 3.51. The lowest BCUT2D eigenvalue weighted by Gasteiger charge is -2.22. The molecule has 2 aromatic carbocycles. The van der Waals surface area contributed by atoms with Gasteiger partial charge in [-0.05, 0) is 51.0 Å². The number of carbonyl (C=O) groups excluding carboxylic acids is 3. The maximum Gasteiger partial charge on any atom is 0.326 e. The molecule has 0 bridgehead atoms. The highest BCUT2D eigenvalue weighted by atomic mass is 16.5. The monoisotopic (exact) mass is 410 g/mol. The molecular formula is C23H26N2O5. The van der Waals surface area contributed by atoms with Crippen LogP contribution >= 0.6 is 0 Å². The van der Waals surface area contributed by atoms with Gasteiger partial charge in [-0.3, -0.25) is 19.3 Å². The number of ether oxygens (including phenoxy) is 2. The number of nitrogens with one attached hydrogen (secondary N) is 1. The van der Waals surface area contributed by atoms with Gasteiger partial charge in [0, 0.05) is 5.69 Å². The van der Waals surface area contributed by atoms with Gasteiger partial charge in [-0.2, -0.15) is 0 Å². The van der Waals surface area contributed by atoms with E-state index in [1.54, 1.807) is 24.3 Å². The summed E-state index contributed by atoms with van der Waals surface area (Å²) < 4.78 is 10.9. The molecule has 1 aliphatic heterocycles. The number of benzene rings is 2. The Labute approximate surface area is 176 Å². The quantitative estimate of drug-likeness (QED) is 0.765. The van der Waals surface area contributed by atoms with Gasteiger partial charge in [0.25, 0.3) is 5.91 Å². The van der Waals surface area contributed by atoms with Crippen molar-refractivity contribution in [2.45, 2.75) is 40.2 Å². The van der Waals surface area contributed by atoms with Crippen LogP contribution < -0.4 is 15.0 Å². The van der Waals surface area contributed by atoms with Crippen molar-refractivity contribution in [1.82, 2.24) is 0 Å². The van der Waals surface area contributed by atoms with Crippen molar-refractivity contribution in [1.29, 1.82) is 0 Å². The second-order valence-electron chi connectivity index (χ2n) is 7.44. The van der Waals surface area contributed by atoms with Crippen LogP contribution in [0.4, 0.5) is 11.4 Å². The molecule has 0 radical (unpaired) electrons.